The van der Waals surface area contributed by atoms with Gasteiger partial charge in [0.05, 0.1) is 22.8 Å². The number of hydrogen-bond acceptors (Lipinski definition) is 3. The van der Waals surface area contributed by atoms with Gasteiger partial charge in [0.15, 0.2) is 5.82 Å². The Kier molecular flexibility index (Phi) is 3.69. The molecule has 0 spiro atoms. The van der Waals surface area contributed by atoms with Crippen molar-refractivity contribution in [3.63, 3.8) is 0 Å². The number of aromatic nitrogens is 3. The SMILES string of the molecule is N#Cc1ccc(-c2c[nH]n(-c3ccc(C(F)(F)F)cn3)c2=O)cc1. The summed E-state index contributed by atoms with van der Waals surface area (Å²) in [7, 11) is 0. The van der Waals surface area contributed by atoms with Crippen molar-refractivity contribution in [3.8, 4) is 23.0 Å². The van der Waals surface area contributed by atoms with E-state index >= 15 is 0 Å². The van der Waals surface area contributed by atoms with Crippen LogP contribution in [0.3, 0.4) is 0 Å². The van der Waals surface area contributed by atoms with Gasteiger partial charge in [-0.1, -0.05) is 12.1 Å². The molecule has 2 aromatic heterocycles. The van der Waals surface area contributed by atoms with Gasteiger partial charge in [0, 0.05) is 12.4 Å². The van der Waals surface area contributed by atoms with Crippen molar-refractivity contribution in [2.75, 3.05) is 0 Å². The van der Waals surface area contributed by atoms with Crippen molar-refractivity contribution in [2.24, 2.45) is 0 Å². The Morgan fingerprint density at radius 3 is 2.38 bits per heavy atom. The molecule has 0 radical (unpaired) electrons. The maximum atomic E-state index is 12.5. The molecule has 8 heteroatoms. The average molecular weight is 330 g/mol. The molecule has 24 heavy (non-hydrogen) atoms. The maximum absolute atomic E-state index is 12.5. The van der Waals surface area contributed by atoms with Gasteiger partial charge in [0.1, 0.15) is 0 Å². The van der Waals surface area contributed by atoms with E-state index in [9.17, 15) is 18.0 Å². The number of benzene rings is 1. The van der Waals surface area contributed by atoms with Crippen molar-refractivity contribution in [2.45, 2.75) is 6.18 Å². The molecule has 0 saturated heterocycles. The number of hydrogen-bond donors (Lipinski definition) is 1. The number of pyridine rings is 1. The first-order valence-corrected chi connectivity index (χ1v) is 6.75. The lowest BCUT2D eigenvalue weighted by molar-refractivity contribution is -0.137. The summed E-state index contributed by atoms with van der Waals surface area (Å²) in [6.07, 6.45) is -2.38. The summed E-state index contributed by atoms with van der Waals surface area (Å²) < 4.78 is 38.7. The summed E-state index contributed by atoms with van der Waals surface area (Å²) in [6.45, 7) is 0. The Hall–Kier alpha value is -3.34. The van der Waals surface area contributed by atoms with Crippen LogP contribution in [0.4, 0.5) is 13.2 Å². The number of nitrogens with one attached hydrogen (secondary N) is 1. The van der Waals surface area contributed by atoms with Gasteiger partial charge in [-0.05, 0) is 29.8 Å². The van der Waals surface area contributed by atoms with E-state index in [1.807, 2.05) is 6.07 Å². The second-order valence-electron chi connectivity index (χ2n) is 4.92. The molecule has 0 aliphatic rings. The van der Waals surface area contributed by atoms with Gasteiger partial charge < -0.3 is 0 Å². The van der Waals surface area contributed by atoms with Crippen molar-refractivity contribution < 1.29 is 13.2 Å². The first kappa shape index (κ1) is 15.6. The lowest BCUT2D eigenvalue weighted by Crippen LogP contribution is -2.17. The second-order valence-corrected chi connectivity index (χ2v) is 4.92. The third-order valence-corrected chi connectivity index (χ3v) is 3.40. The zero-order chi connectivity index (χ0) is 17.3. The molecule has 0 atom stereocenters. The van der Waals surface area contributed by atoms with Gasteiger partial charge in [-0.15, -0.1) is 0 Å². The standard InChI is InChI=1S/C16H9F3N4O/c17-16(18,19)12-5-6-14(21-8-12)23-15(24)13(9-22-23)11-3-1-10(7-20)2-4-11/h1-6,8-9,22H. The van der Waals surface area contributed by atoms with Crippen LogP contribution in [-0.4, -0.2) is 14.8 Å². The van der Waals surface area contributed by atoms with E-state index in [1.165, 1.54) is 6.20 Å². The normalized spacial score (nSPS) is 11.2. The van der Waals surface area contributed by atoms with Crippen LogP contribution in [0, 0.1) is 11.3 Å². The molecular formula is C16H9F3N4O. The third-order valence-electron chi connectivity index (χ3n) is 3.40. The van der Waals surface area contributed by atoms with Gasteiger partial charge in [-0.2, -0.15) is 18.4 Å². The van der Waals surface area contributed by atoms with Crippen LogP contribution in [0.15, 0.2) is 53.6 Å². The zero-order valence-electron chi connectivity index (χ0n) is 12.0. The zero-order valence-corrected chi connectivity index (χ0v) is 12.0. The fraction of sp³-hybridized carbons (Fsp3) is 0.0625. The van der Waals surface area contributed by atoms with Gasteiger partial charge in [-0.25, -0.2) is 9.67 Å². The monoisotopic (exact) mass is 330 g/mol. The largest absolute Gasteiger partial charge is 0.417 e. The lowest BCUT2D eigenvalue weighted by atomic mass is 10.1. The van der Waals surface area contributed by atoms with E-state index in [4.69, 9.17) is 5.26 Å². The van der Waals surface area contributed by atoms with Crippen molar-refractivity contribution in [1.29, 1.82) is 5.26 Å². The molecule has 5 nitrogen and oxygen atoms in total. The number of halogens is 3. The molecule has 3 aromatic rings. The van der Waals surface area contributed by atoms with Gasteiger partial charge in [-0.3, -0.25) is 9.89 Å². The Morgan fingerprint density at radius 1 is 1.12 bits per heavy atom. The van der Waals surface area contributed by atoms with E-state index in [0.29, 0.717) is 22.9 Å². The summed E-state index contributed by atoms with van der Waals surface area (Å²) in [5.41, 5.74) is 0.0197. The Balaban J connectivity index is 1.98. The highest BCUT2D eigenvalue weighted by Gasteiger charge is 2.30. The first-order valence-electron chi connectivity index (χ1n) is 6.75. The van der Waals surface area contributed by atoms with Gasteiger partial charge >= 0.3 is 6.18 Å². The summed E-state index contributed by atoms with van der Waals surface area (Å²) in [5.74, 6) is 0.0490. The summed E-state index contributed by atoms with van der Waals surface area (Å²) in [5, 5.41) is 11.4. The predicted octanol–water partition coefficient (Wildman–Crippen LogP) is 3.12. The lowest BCUT2D eigenvalue weighted by Gasteiger charge is -2.06. The smallest absolute Gasteiger partial charge is 0.296 e. The van der Waals surface area contributed by atoms with Gasteiger partial charge in [0.25, 0.3) is 5.56 Å². The van der Waals surface area contributed by atoms with Crippen molar-refractivity contribution in [1.82, 2.24) is 14.8 Å². The van der Waals surface area contributed by atoms with Crippen LogP contribution in [0.1, 0.15) is 11.1 Å². The van der Waals surface area contributed by atoms with Crippen LogP contribution in [0.25, 0.3) is 16.9 Å². The molecular weight excluding hydrogens is 321 g/mol. The minimum Gasteiger partial charge on any atom is -0.296 e. The Labute approximate surface area is 133 Å². The van der Waals surface area contributed by atoms with E-state index in [0.717, 1.165) is 16.8 Å². The van der Waals surface area contributed by atoms with Crippen LogP contribution in [0.2, 0.25) is 0 Å². The van der Waals surface area contributed by atoms with E-state index in [1.54, 1.807) is 24.3 Å². The molecule has 0 bridgehead atoms. The Bertz CT molecular complexity index is 961. The van der Waals surface area contributed by atoms with Crippen molar-refractivity contribution in [3.05, 3.63) is 70.3 Å². The number of nitrogens with zero attached hydrogens (tertiary/aromatic N) is 3. The molecule has 0 unspecified atom stereocenters. The molecule has 1 aromatic carbocycles. The molecule has 0 amide bonds. The molecule has 120 valence electrons. The average Bonchev–Trinajstić information content (AvgIpc) is 2.96. The highest BCUT2D eigenvalue weighted by Crippen LogP contribution is 2.28. The topological polar surface area (TPSA) is 74.5 Å². The third kappa shape index (κ3) is 2.79. The molecule has 0 aliphatic heterocycles. The molecule has 1 N–H and O–H groups in total. The molecule has 0 saturated carbocycles. The number of aromatic amines is 1. The number of H-pyrrole nitrogens is 1. The van der Waals surface area contributed by atoms with Gasteiger partial charge in [0.2, 0.25) is 0 Å². The molecule has 2 heterocycles. The summed E-state index contributed by atoms with van der Waals surface area (Å²) in [4.78, 5) is 16.1. The van der Waals surface area contributed by atoms with E-state index in [-0.39, 0.29) is 5.82 Å². The Morgan fingerprint density at radius 2 is 1.83 bits per heavy atom. The van der Waals surface area contributed by atoms with Crippen molar-refractivity contribution >= 4 is 0 Å². The number of alkyl halides is 3. The maximum Gasteiger partial charge on any atom is 0.417 e. The minimum absolute atomic E-state index is 0.0490. The van der Waals surface area contributed by atoms with Crippen LogP contribution in [0.5, 0.6) is 0 Å². The van der Waals surface area contributed by atoms with E-state index < -0.39 is 17.3 Å². The summed E-state index contributed by atoms with van der Waals surface area (Å²) in [6, 6.07) is 10.3. The van der Waals surface area contributed by atoms with E-state index in [2.05, 4.69) is 10.1 Å². The minimum atomic E-state index is -4.49. The molecule has 3 rings (SSSR count). The number of rotatable bonds is 2. The fourth-order valence-corrected chi connectivity index (χ4v) is 2.16. The molecule has 0 aliphatic carbocycles. The first-order chi connectivity index (χ1) is 11.4. The van der Waals surface area contributed by atoms with Crippen LogP contribution >= 0.6 is 0 Å². The highest BCUT2D eigenvalue weighted by molar-refractivity contribution is 5.63. The quantitative estimate of drug-likeness (QED) is 0.784. The fourth-order valence-electron chi connectivity index (χ4n) is 2.16. The second kappa shape index (κ2) is 5.70. The van der Waals surface area contributed by atoms with Crippen LogP contribution in [-0.2, 0) is 6.18 Å². The summed E-state index contributed by atoms with van der Waals surface area (Å²) >= 11 is 0. The predicted molar refractivity (Wildman–Crippen MR) is 79.3 cm³/mol. The van der Waals surface area contributed by atoms with Crippen LogP contribution < -0.4 is 5.56 Å². The highest BCUT2D eigenvalue weighted by atomic mass is 19.4. The number of nitriles is 1. The molecule has 0 fully saturated rings.